The molecule has 6 nitrogen and oxygen atoms in total. The van der Waals surface area contributed by atoms with Crippen molar-refractivity contribution in [3.8, 4) is 0 Å². The average molecular weight is 279 g/mol. The maximum Gasteiger partial charge on any atom is 0.271 e. The predicted molar refractivity (Wildman–Crippen MR) is 77.6 cm³/mol. The van der Waals surface area contributed by atoms with Crippen LogP contribution >= 0.6 is 0 Å². The summed E-state index contributed by atoms with van der Waals surface area (Å²) in [6.45, 7) is 0.501. The van der Waals surface area contributed by atoms with Gasteiger partial charge in [-0.3, -0.25) is 9.78 Å². The molecule has 2 heterocycles. The Balaban J connectivity index is 1.64. The molecule has 1 aromatic carbocycles. The molecule has 1 amide bonds. The van der Waals surface area contributed by atoms with Crippen LogP contribution < -0.4 is 5.32 Å². The number of nitrogens with zero attached hydrogens (tertiary/aromatic N) is 4. The van der Waals surface area contributed by atoms with Gasteiger partial charge in [0, 0.05) is 18.9 Å². The van der Waals surface area contributed by atoms with Gasteiger partial charge in [0.15, 0.2) is 0 Å². The van der Waals surface area contributed by atoms with E-state index >= 15 is 0 Å². The SMILES string of the molecule is O=C(NCCc1cncnc1)c1cnc2ccccc2n1. The summed E-state index contributed by atoms with van der Waals surface area (Å²) in [5.74, 6) is -0.231. The number of nitrogens with one attached hydrogen (secondary N) is 1. The summed E-state index contributed by atoms with van der Waals surface area (Å²) in [5, 5.41) is 2.82. The smallest absolute Gasteiger partial charge is 0.271 e. The predicted octanol–water partition coefficient (Wildman–Crippen LogP) is 1.39. The van der Waals surface area contributed by atoms with Gasteiger partial charge in [-0.2, -0.15) is 0 Å². The first-order chi connectivity index (χ1) is 10.3. The number of para-hydroxylation sites is 2. The van der Waals surface area contributed by atoms with Crippen molar-refractivity contribution in [2.45, 2.75) is 6.42 Å². The maximum absolute atomic E-state index is 12.0. The number of fused-ring (bicyclic) bond motifs is 1. The van der Waals surface area contributed by atoms with E-state index in [0.717, 1.165) is 11.1 Å². The van der Waals surface area contributed by atoms with Crippen molar-refractivity contribution in [1.82, 2.24) is 25.3 Å². The molecule has 2 aromatic heterocycles. The lowest BCUT2D eigenvalue weighted by atomic mass is 10.2. The van der Waals surface area contributed by atoms with Crippen LogP contribution in [0.2, 0.25) is 0 Å². The summed E-state index contributed by atoms with van der Waals surface area (Å²) in [7, 11) is 0. The second-order valence-corrected chi connectivity index (χ2v) is 4.50. The summed E-state index contributed by atoms with van der Waals surface area (Å²) in [4.78, 5) is 28.4. The van der Waals surface area contributed by atoms with Gasteiger partial charge in [-0.1, -0.05) is 12.1 Å². The molecule has 3 aromatic rings. The van der Waals surface area contributed by atoms with Crippen LogP contribution in [0, 0.1) is 0 Å². The number of rotatable bonds is 4. The normalized spacial score (nSPS) is 10.5. The first-order valence-electron chi connectivity index (χ1n) is 6.57. The minimum Gasteiger partial charge on any atom is -0.350 e. The van der Waals surface area contributed by atoms with Crippen LogP contribution in [0.25, 0.3) is 11.0 Å². The van der Waals surface area contributed by atoms with E-state index < -0.39 is 0 Å². The minimum absolute atomic E-state index is 0.231. The third kappa shape index (κ3) is 3.17. The van der Waals surface area contributed by atoms with Crippen LogP contribution in [0.5, 0.6) is 0 Å². The van der Waals surface area contributed by atoms with E-state index in [2.05, 4.69) is 25.3 Å². The molecule has 0 aliphatic rings. The van der Waals surface area contributed by atoms with Gasteiger partial charge in [-0.05, 0) is 24.1 Å². The van der Waals surface area contributed by atoms with E-state index in [0.29, 0.717) is 24.2 Å². The van der Waals surface area contributed by atoms with Crippen molar-refractivity contribution in [2.24, 2.45) is 0 Å². The lowest BCUT2D eigenvalue weighted by molar-refractivity contribution is 0.0949. The van der Waals surface area contributed by atoms with Gasteiger partial charge in [-0.15, -0.1) is 0 Å². The Morgan fingerprint density at radius 1 is 1.05 bits per heavy atom. The van der Waals surface area contributed by atoms with Gasteiger partial charge < -0.3 is 5.32 Å². The Labute approximate surface area is 121 Å². The Bertz CT molecular complexity index is 760. The van der Waals surface area contributed by atoms with Gasteiger partial charge in [0.2, 0.25) is 0 Å². The molecule has 0 bridgehead atoms. The Hall–Kier alpha value is -2.89. The number of amides is 1. The highest BCUT2D eigenvalue weighted by molar-refractivity contribution is 5.93. The molecule has 0 saturated heterocycles. The molecule has 0 saturated carbocycles. The summed E-state index contributed by atoms with van der Waals surface area (Å²) in [6.07, 6.45) is 7.10. The largest absolute Gasteiger partial charge is 0.350 e. The molecule has 0 aliphatic carbocycles. The van der Waals surface area contributed by atoms with Crippen molar-refractivity contribution >= 4 is 16.9 Å². The highest BCUT2D eigenvalue weighted by Gasteiger charge is 2.08. The van der Waals surface area contributed by atoms with Crippen LogP contribution in [-0.4, -0.2) is 32.4 Å². The molecule has 104 valence electrons. The average Bonchev–Trinajstić information content (AvgIpc) is 2.55. The highest BCUT2D eigenvalue weighted by atomic mass is 16.1. The molecule has 6 heteroatoms. The van der Waals surface area contributed by atoms with Crippen LogP contribution in [0.1, 0.15) is 16.1 Å². The summed E-state index contributed by atoms with van der Waals surface area (Å²) >= 11 is 0. The van der Waals surface area contributed by atoms with Crippen molar-refractivity contribution in [3.05, 3.63) is 60.4 Å². The minimum atomic E-state index is -0.231. The van der Waals surface area contributed by atoms with Crippen molar-refractivity contribution in [2.75, 3.05) is 6.54 Å². The van der Waals surface area contributed by atoms with Crippen LogP contribution in [0.4, 0.5) is 0 Å². The van der Waals surface area contributed by atoms with E-state index in [4.69, 9.17) is 0 Å². The standard InChI is InChI=1S/C15H13N5O/c21-15(18-6-5-11-7-16-10-17-8-11)14-9-19-12-3-1-2-4-13(12)20-14/h1-4,7-10H,5-6H2,(H,18,21). The van der Waals surface area contributed by atoms with Crippen LogP contribution in [0.3, 0.4) is 0 Å². The van der Waals surface area contributed by atoms with Crippen molar-refractivity contribution < 1.29 is 4.79 Å². The summed E-state index contributed by atoms with van der Waals surface area (Å²) in [6, 6.07) is 7.45. The van der Waals surface area contributed by atoms with E-state index in [1.165, 1.54) is 12.5 Å². The van der Waals surface area contributed by atoms with E-state index in [-0.39, 0.29) is 5.91 Å². The maximum atomic E-state index is 12.0. The molecule has 0 unspecified atom stereocenters. The van der Waals surface area contributed by atoms with Crippen molar-refractivity contribution in [3.63, 3.8) is 0 Å². The Kier molecular flexibility index (Phi) is 3.77. The lowest BCUT2D eigenvalue weighted by Gasteiger charge is -2.05. The zero-order valence-electron chi connectivity index (χ0n) is 11.2. The van der Waals surface area contributed by atoms with E-state index in [1.807, 2.05) is 24.3 Å². The van der Waals surface area contributed by atoms with Gasteiger partial charge >= 0.3 is 0 Å². The highest BCUT2D eigenvalue weighted by Crippen LogP contribution is 2.08. The molecule has 1 N–H and O–H groups in total. The molecule has 3 rings (SSSR count). The van der Waals surface area contributed by atoms with E-state index in [1.54, 1.807) is 12.4 Å². The van der Waals surface area contributed by atoms with Gasteiger partial charge in [0.05, 0.1) is 17.2 Å². The van der Waals surface area contributed by atoms with Gasteiger partial charge in [-0.25, -0.2) is 15.0 Å². The fraction of sp³-hybridized carbons (Fsp3) is 0.133. The third-order valence-electron chi connectivity index (χ3n) is 2.99. The van der Waals surface area contributed by atoms with Gasteiger partial charge in [0.1, 0.15) is 12.0 Å². The molecule has 21 heavy (non-hydrogen) atoms. The number of benzene rings is 1. The second kappa shape index (κ2) is 6.04. The Morgan fingerprint density at radius 2 is 1.81 bits per heavy atom. The molecular formula is C15H13N5O. The first kappa shape index (κ1) is 13.1. The van der Waals surface area contributed by atoms with E-state index in [9.17, 15) is 4.79 Å². The lowest BCUT2D eigenvalue weighted by Crippen LogP contribution is -2.26. The number of carbonyl (C=O) groups excluding carboxylic acids is 1. The fourth-order valence-corrected chi connectivity index (χ4v) is 1.94. The second-order valence-electron chi connectivity index (χ2n) is 4.50. The topological polar surface area (TPSA) is 80.7 Å². The number of hydrogen-bond donors (Lipinski definition) is 1. The molecule has 0 aliphatic heterocycles. The van der Waals surface area contributed by atoms with Crippen molar-refractivity contribution in [1.29, 1.82) is 0 Å². The summed E-state index contributed by atoms with van der Waals surface area (Å²) in [5.41, 5.74) is 2.78. The van der Waals surface area contributed by atoms with Crippen LogP contribution in [0.15, 0.2) is 49.2 Å². The zero-order valence-corrected chi connectivity index (χ0v) is 11.2. The Morgan fingerprint density at radius 3 is 2.62 bits per heavy atom. The molecule has 0 spiro atoms. The number of aromatic nitrogens is 4. The molecular weight excluding hydrogens is 266 g/mol. The van der Waals surface area contributed by atoms with Gasteiger partial charge in [0.25, 0.3) is 5.91 Å². The van der Waals surface area contributed by atoms with Crippen LogP contribution in [-0.2, 0) is 6.42 Å². The monoisotopic (exact) mass is 279 g/mol. The zero-order chi connectivity index (χ0) is 14.5. The molecule has 0 fully saturated rings. The summed E-state index contributed by atoms with van der Waals surface area (Å²) < 4.78 is 0. The quantitative estimate of drug-likeness (QED) is 0.780. The number of carbonyl (C=O) groups is 1. The first-order valence-corrected chi connectivity index (χ1v) is 6.57. The fourth-order valence-electron chi connectivity index (χ4n) is 1.94. The third-order valence-corrected chi connectivity index (χ3v) is 2.99. The molecule has 0 atom stereocenters. The molecule has 0 radical (unpaired) electrons. The number of hydrogen-bond acceptors (Lipinski definition) is 5.